The first-order chi connectivity index (χ1) is 11.7. The van der Waals surface area contributed by atoms with Crippen molar-refractivity contribution in [3.63, 3.8) is 0 Å². The van der Waals surface area contributed by atoms with Gasteiger partial charge in [0.2, 0.25) is 5.91 Å². The average Bonchev–Trinajstić information content (AvgIpc) is 3.25. The molecule has 4 rings (SSSR count). The molecule has 4 heterocycles. The van der Waals surface area contributed by atoms with E-state index in [1.807, 2.05) is 12.3 Å². The predicted octanol–water partition coefficient (Wildman–Crippen LogP) is 1.81. The summed E-state index contributed by atoms with van der Waals surface area (Å²) >= 11 is 1.47. The molecule has 128 valence electrons. The van der Waals surface area contributed by atoms with Crippen LogP contribution in [0.1, 0.15) is 42.5 Å². The molecule has 0 atom stereocenters. The van der Waals surface area contributed by atoms with Crippen LogP contribution in [0.4, 0.5) is 5.13 Å². The number of fused-ring (bicyclic) bond motifs is 1. The second-order valence-corrected chi connectivity index (χ2v) is 7.48. The van der Waals surface area contributed by atoms with Crippen LogP contribution in [0.15, 0.2) is 5.38 Å². The highest BCUT2D eigenvalue weighted by molar-refractivity contribution is 7.13. The topological polar surface area (TPSA) is 75.9 Å². The summed E-state index contributed by atoms with van der Waals surface area (Å²) in [6, 6.07) is 0. The van der Waals surface area contributed by atoms with E-state index in [2.05, 4.69) is 30.0 Å². The number of likely N-dealkylation sites (tertiary alicyclic amines) is 1. The maximum atomic E-state index is 12.1. The smallest absolute Gasteiger partial charge is 0.240 e. The summed E-state index contributed by atoms with van der Waals surface area (Å²) < 4.78 is 2.30. The minimum Gasteiger partial charge on any atom is -0.315 e. The summed E-state index contributed by atoms with van der Waals surface area (Å²) in [4.78, 5) is 18.6. The summed E-state index contributed by atoms with van der Waals surface area (Å²) in [6.07, 6.45) is 4.33. The third kappa shape index (κ3) is 3.21. The van der Waals surface area contributed by atoms with Crippen molar-refractivity contribution in [1.29, 1.82) is 0 Å². The van der Waals surface area contributed by atoms with Crippen LogP contribution in [-0.2, 0) is 17.8 Å². The lowest BCUT2D eigenvalue weighted by atomic mass is 9.96. The number of carbonyl (C=O) groups is 1. The summed E-state index contributed by atoms with van der Waals surface area (Å²) in [7, 11) is 0. The fourth-order valence-electron chi connectivity index (χ4n) is 3.60. The third-order valence-corrected chi connectivity index (χ3v) is 5.70. The molecule has 2 aliphatic rings. The van der Waals surface area contributed by atoms with Crippen molar-refractivity contribution >= 4 is 22.4 Å². The molecular weight excluding hydrogens is 324 g/mol. The molecule has 24 heavy (non-hydrogen) atoms. The highest BCUT2D eigenvalue weighted by Gasteiger charge is 2.28. The van der Waals surface area contributed by atoms with E-state index in [4.69, 9.17) is 0 Å². The van der Waals surface area contributed by atoms with Gasteiger partial charge in [0, 0.05) is 24.3 Å². The van der Waals surface area contributed by atoms with Gasteiger partial charge in [0.1, 0.15) is 11.6 Å². The van der Waals surface area contributed by atoms with Crippen molar-refractivity contribution in [1.82, 2.24) is 24.6 Å². The number of amides is 1. The van der Waals surface area contributed by atoms with Gasteiger partial charge >= 0.3 is 0 Å². The maximum absolute atomic E-state index is 12.1. The van der Waals surface area contributed by atoms with Gasteiger partial charge in [0.15, 0.2) is 5.13 Å². The second kappa shape index (κ2) is 6.60. The Morgan fingerprint density at radius 1 is 1.33 bits per heavy atom. The molecule has 8 heteroatoms. The van der Waals surface area contributed by atoms with Crippen LogP contribution in [-0.4, -0.2) is 50.2 Å². The minimum atomic E-state index is 0.0196. The number of nitrogens with zero attached hydrogens (tertiary/aromatic N) is 5. The first-order valence-electron chi connectivity index (χ1n) is 8.55. The Balaban J connectivity index is 1.29. The molecule has 2 aliphatic heterocycles. The van der Waals surface area contributed by atoms with E-state index in [9.17, 15) is 4.79 Å². The molecule has 0 aromatic carbocycles. The standard InChI is InChI=1S/C16H22N6OS/c1-11-10-24-16(17-11)18-14(23)9-21-7-4-12(5-8-21)15-20-19-13-3-2-6-22(13)15/h10,12H,2-9H2,1H3,(H,17,18,23). The predicted molar refractivity (Wildman–Crippen MR) is 92.2 cm³/mol. The molecule has 2 aromatic heterocycles. The van der Waals surface area contributed by atoms with Gasteiger partial charge in [-0.1, -0.05) is 0 Å². The minimum absolute atomic E-state index is 0.0196. The molecule has 7 nitrogen and oxygen atoms in total. The molecule has 0 radical (unpaired) electrons. The average molecular weight is 346 g/mol. The van der Waals surface area contributed by atoms with E-state index in [0.717, 1.165) is 56.2 Å². The molecule has 2 aromatic rings. The molecule has 1 N–H and O–H groups in total. The van der Waals surface area contributed by atoms with Gasteiger partial charge in [-0.2, -0.15) is 0 Å². The molecule has 0 saturated carbocycles. The Hall–Kier alpha value is -1.80. The van der Waals surface area contributed by atoms with Crippen LogP contribution in [0.25, 0.3) is 0 Å². The first kappa shape index (κ1) is 15.7. The Labute approximate surface area is 145 Å². The van der Waals surface area contributed by atoms with Crippen molar-refractivity contribution in [2.75, 3.05) is 25.0 Å². The van der Waals surface area contributed by atoms with Gasteiger partial charge in [-0.3, -0.25) is 9.69 Å². The Morgan fingerprint density at radius 2 is 2.17 bits per heavy atom. The lowest BCUT2D eigenvalue weighted by molar-refractivity contribution is -0.117. The largest absolute Gasteiger partial charge is 0.315 e. The summed E-state index contributed by atoms with van der Waals surface area (Å²) in [5.41, 5.74) is 0.942. The van der Waals surface area contributed by atoms with Gasteiger partial charge in [0.25, 0.3) is 0 Å². The number of hydrogen-bond donors (Lipinski definition) is 1. The Bertz CT molecular complexity index is 731. The number of thiazole rings is 1. The van der Waals surface area contributed by atoms with Crippen LogP contribution in [0, 0.1) is 6.92 Å². The molecule has 0 aliphatic carbocycles. The van der Waals surface area contributed by atoms with Crippen LogP contribution in [0.2, 0.25) is 0 Å². The number of anilines is 1. The van der Waals surface area contributed by atoms with Crippen molar-refractivity contribution in [3.05, 3.63) is 22.7 Å². The van der Waals surface area contributed by atoms with E-state index < -0.39 is 0 Å². The number of piperidine rings is 1. The van der Waals surface area contributed by atoms with E-state index >= 15 is 0 Å². The van der Waals surface area contributed by atoms with Crippen LogP contribution < -0.4 is 5.32 Å². The monoisotopic (exact) mass is 346 g/mol. The molecule has 1 fully saturated rings. The number of rotatable bonds is 4. The first-order valence-corrected chi connectivity index (χ1v) is 9.43. The molecular formula is C16H22N6OS. The van der Waals surface area contributed by atoms with Crippen LogP contribution in [0.3, 0.4) is 0 Å². The van der Waals surface area contributed by atoms with Crippen molar-refractivity contribution < 1.29 is 4.79 Å². The zero-order chi connectivity index (χ0) is 16.5. The summed E-state index contributed by atoms with van der Waals surface area (Å²) in [5, 5.41) is 14.2. The fourth-order valence-corrected chi connectivity index (χ4v) is 4.30. The Kier molecular flexibility index (Phi) is 4.32. The van der Waals surface area contributed by atoms with E-state index in [-0.39, 0.29) is 5.91 Å². The number of hydrogen-bond acceptors (Lipinski definition) is 6. The van der Waals surface area contributed by atoms with Gasteiger partial charge in [0.05, 0.1) is 12.2 Å². The summed E-state index contributed by atoms with van der Waals surface area (Å²) in [6.45, 7) is 5.28. The molecule has 0 bridgehead atoms. The molecule has 0 unspecified atom stereocenters. The van der Waals surface area contributed by atoms with E-state index in [1.54, 1.807) is 0 Å². The van der Waals surface area contributed by atoms with E-state index in [1.165, 1.54) is 17.8 Å². The van der Waals surface area contributed by atoms with E-state index in [0.29, 0.717) is 17.6 Å². The van der Waals surface area contributed by atoms with Gasteiger partial charge in [-0.15, -0.1) is 21.5 Å². The second-order valence-electron chi connectivity index (χ2n) is 6.62. The normalized spacial score (nSPS) is 18.7. The lowest BCUT2D eigenvalue weighted by Gasteiger charge is -2.30. The van der Waals surface area contributed by atoms with Gasteiger partial charge < -0.3 is 9.88 Å². The lowest BCUT2D eigenvalue weighted by Crippen LogP contribution is -2.39. The van der Waals surface area contributed by atoms with Gasteiger partial charge in [-0.05, 0) is 39.3 Å². The molecule has 0 spiro atoms. The maximum Gasteiger partial charge on any atom is 0.240 e. The SMILES string of the molecule is Cc1csc(NC(=O)CN2CCC(c3nnc4n3CCC4)CC2)n1. The third-order valence-electron chi connectivity index (χ3n) is 4.82. The van der Waals surface area contributed by atoms with Crippen LogP contribution >= 0.6 is 11.3 Å². The zero-order valence-electron chi connectivity index (χ0n) is 13.9. The fraction of sp³-hybridized carbons (Fsp3) is 0.625. The number of aryl methyl sites for hydroxylation is 2. The van der Waals surface area contributed by atoms with Gasteiger partial charge in [-0.25, -0.2) is 4.98 Å². The van der Waals surface area contributed by atoms with Crippen molar-refractivity contribution in [3.8, 4) is 0 Å². The number of carbonyl (C=O) groups excluding carboxylic acids is 1. The molecule has 1 amide bonds. The quantitative estimate of drug-likeness (QED) is 0.914. The van der Waals surface area contributed by atoms with Crippen LogP contribution in [0.5, 0.6) is 0 Å². The highest BCUT2D eigenvalue weighted by Crippen LogP contribution is 2.29. The highest BCUT2D eigenvalue weighted by atomic mass is 32.1. The van der Waals surface area contributed by atoms with Crippen molar-refractivity contribution in [2.24, 2.45) is 0 Å². The number of nitrogens with one attached hydrogen (secondary N) is 1. The van der Waals surface area contributed by atoms with Crippen molar-refractivity contribution in [2.45, 2.75) is 45.1 Å². The number of aromatic nitrogens is 4. The summed E-state index contributed by atoms with van der Waals surface area (Å²) in [5.74, 6) is 2.80. The zero-order valence-corrected chi connectivity index (χ0v) is 14.7. The molecule has 1 saturated heterocycles. The Morgan fingerprint density at radius 3 is 2.92 bits per heavy atom.